The average molecular weight is 349 g/mol. The molecule has 3 heterocycles. The number of benzene rings is 1. The Morgan fingerprint density at radius 3 is 2.88 bits per heavy atom. The summed E-state index contributed by atoms with van der Waals surface area (Å²) < 4.78 is 28.5. The molecule has 130 valence electrons. The molecule has 4 rings (SSSR count). The third-order valence-electron chi connectivity index (χ3n) is 5.20. The maximum absolute atomic E-state index is 11.5. The fourth-order valence-corrected chi connectivity index (χ4v) is 5.24. The van der Waals surface area contributed by atoms with Crippen molar-refractivity contribution in [2.24, 2.45) is 5.92 Å². The molecule has 0 spiro atoms. The van der Waals surface area contributed by atoms with Gasteiger partial charge >= 0.3 is 0 Å². The topological polar surface area (TPSA) is 66.7 Å². The minimum Gasteiger partial charge on any atom is -0.354 e. The van der Waals surface area contributed by atoms with E-state index in [1.54, 1.807) is 0 Å². The Morgan fingerprint density at radius 2 is 2.04 bits per heavy atom. The highest BCUT2D eigenvalue weighted by molar-refractivity contribution is 7.90. The van der Waals surface area contributed by atoms with E-state index in [0.717, 1.165) is 55.8 Å². The van der Waals surface area contributed by atoms with E-state index in [4.69, 9.17) is 4.52 Å². The van der Waals surface area contributed by atoms with Gasteiger partial charge in [0.15, 0.2) is 11.4 Å². The van der Waals surface area contributed by atoms with E-state index in [1.165, 1.54) is 6.26 Å². The summed E-state index contributed by atoms with van der Waals surface area (Å²) in [5.41, 5.74) is 0.826. The largest absolute Gasteiger partial charge is 0.354 e. The van der Waals surface area contributed by atoms with E-state index >= 15 is 0 Å². The van der Waals surface area contributed by atoms with Gasteiger partial charge in [-0.05, 0) is 30.9 Å². The predicted octanol–water partition coefficient (Wildman–Crippen LogP) is 1.77. The van der Waals surface area contributed by atoms with Gasteiger partial charge in [0, 0.05) is 38.5 Å². The molecule has 24 heavy (non-hydrogen) atoms. The van der Waals surface area contributed by atoms with Gasteiger partial charge in [-0.2, -0.15) is 0 Å². The molecule has 0 bridgehead atoms. The molecule has 2 atom stereocenters. The van der Waals surface area contributed by atoms with Gasteiger partial charge in [-0.3, -0.25) is 4.90 Å². The molecule has 0 aliphatic carbocycles. The molecule has 1 aromatic carbocycles. The number of piperidine rings is 1. The number of anilines is 1. The van der Waals surface area contributed by atoms with Crippen LogP contribution in [0.2, 0.25) is 0 Å². The van der Waals surface area contributed by atoms with Crippen LogP contribution in [0, 0.1) is 5.92 Å². The number of hydrogen-bond acceptors (Lipinski definition) is 6. The number of nitrogens with zero attached hydrogens (tertiary/aromatic N) is 3. The van der Waals surface area contributed by atoms with Gasteiger partial charge in [-0.15, -0.1) is 0 Å². The minimum atomic E-state index is -2.89. The van der Waals surface area contributed by atoms with Crippen molar-refractivity contribution in [1.82, 2.24) is 10.1 Å². The first-order valence-electron chi connectivity index (χ1n) is 8.51. The Labute approximate surface area is 142 Å². The third-order valence-corrected chi connectivity index (χ3v) is 6.28. The van der Waals surface area contributed by atoms with Crippen LogP contribution >= 0.6 is 0 Å². The Hall–Kier alpha value is -1.60. The lowest BCUT2D eigenvalue weighted by Gasteiger charge is -2.46. The first-order chi connectivity index (χ1) is 11.5. The predicted molar refractivity (Wildman–Crippen MR) is 94.0 cm³/mol. The highest BCUT2D eigenvalue weighted by atomic mass is 32.2. The number of para-hydroxylation sites is 1. The first kappa shape index (κ1) is 15.9. The SMILES string of the molecule is CS(=O)(=O)C[C@@H]1CC[C@H]2CN(c3noc4ccccc34)CCN2C1. The van der Waals surface area contributed by atoms with Crippen molar-refractivity contribution in [3.63, 3.8) is 0 Å². The van der Waals surface area contributed by atoms with Crippen molar-refractivity contribution in [3.8, 4) is 0 Å². The molecule has 2 aliphatic heterocycles. The van der Waals surface area contributed by atoms with E-state index in [2.05, 4.69) is 21.0 Å². The van der Waals surface area contributed by atoms with Gasteiger partial charge in [0.05, 0.1) is 11.1 Å². The number of aromatic nitrogens is 1. The molecule has 0 unspecified atom stereocenters. The zero-order valence-electron chi connectivity index (χ0n) is 13.9. The van der Waals surface area contributed by atoms with Gasteiger partial charge in [-0.25, -0.2) is 8.42 Å². The molecule has 2 fully saturated rings. The van der Waals surface area contributed by atoms with Crippen LogP contribution in [0.3, 0.4) is 0 Å². The van der Waals surface area contributed by atoms with Crippen LogP contribution in [0.1, 0.15) is 12.8 Å². The number of rotatable bonds is 3. The highest BCUT2D eigenvalue weighted by Gasteiger charge is 2.35. The van der Waals surface area contributed by atoms with E-state index in [1.807, 2.05) is 18.2 Å². The summed E-state index contributed by atoms with van der Waals surface area (Å²) in [7, 11) is -2.89. The fraction of sp³-hybridized carbons (Fsp3) is 0.588. The lowest BCUT2D eigenvalue weighted by Crippen LogP contribution is -2.57. The molecular weight excluding hydrogens is 326 g/mol. The molecular formula is C17H23N3O3S. The smallest absolute Gasteiger partial charge is 0.180 e. The maximum atomic E-state index is 11.5. The van der Waals surface area contributed by atoms with Crippen molar-refractivity contribution in [3.05, 3.63) is 24.3 Å². The van der Waals surface area contributed by atoms with Gasteiger partial charge in [0.25, 0.3) is 0 Å². The zero-order valence-corrected chi connectivity index (χ0v) is 14.7. The molecule has 6 nitrogen and oxygen atoms in total. The van der Waals surface area contributed by atoms with Gasteiger partial charge < -0.3 is 9.42 Å². The molecule has 0 saturated carbocycles. The molecule has 0 radical (unpaired) electrons. The van der Waals surface area contributed by atoms with Gasteiger partial charge in [0.1, 0.15) is 9.84 Å². The second kappa shape index (κ2) is 6.04. The lowest BCUT2D eigenvalue weighted by molar-refractivity contribution is 0.102. The quantitative estimate of drug-likeness (QED) is 0.841. The summed E-state index contributed by atoms with van der Waals surface area (Å²) in [5, 5.41) is 5.34. The summed E-state index contributed by atoms with van der Waals surface area (Å²) >= 11 is 0. The van der Waals surface area contributed by atoms with Crippen LogP contribution in [0.25, 0.3) is 11.0 Å². The number of hydrogen-bond donors (Lipinski definition) is 0. The van der Waals surface area contributed by atoms with Gasteiger partial charge in [0.2, 0.25) is 0 Å². The first-order valence-corrected chi connectivity index (χ1v) is 10.6. The monoisotopic (exact) mass is 349 g/mol. The molecule has 1 aromatic heterocycles. The molecule has 2 aromatic rings. The van der Waals surface area contributed by atoms with Crippen molar-refractivity contribution in [1.29, 1.82) is 0 Å². The van der Waals surface area contributed by atoms with Crippen LogP contribution in [-0.4, -0.2) is 62.7 Å². The minimum absolute atomic E-state index is 0.274. The summed E-state index contributed by atoms with van der Waals surface area (Å²) in [6, 6.07) is 8.44. The molecule has 7 heteroatoms. The van der Waals surface area contributed by atoms with Crippen LogP contribution in [0.4, 0.5) is 5.82 Å². The Kier molecular flexibility index (Phi) is 4.00. The zero-order chi connectivity index (χ0) is 16.7. The highest BCUT2D eigenvalue weighted by Crippen LogP contribution is 2.31. The van der Waals surface area contributed by atoms with Gasteiger partial charge in [-0.1, -0.05) is 17.3 Å². The van der Waals surface area contributed by atoms with E-state index in [9.17, 15) is 8.42 Å². The van der Waals surface area contributed by atoms with Crippen LogP contribution in [0.5, 0.6) is 0 Å². The Balaban J connectivity index is 1.46. The van der Waals surface area contributed by atoms with Crippen molar-refractivity contribution in [2.45, 2.75) is 18.9 Å². The summed E-state index contributed by atoms with van der Waals surface area (Å²) in [5.74, 6) is 1.52. The number of piperazine rings is 1. The number of fused-ring (bicyclic) bond motifs is 2. The molecule has 0 N–H and O–H groups in total. The van der Waals surface area contributed by atoms with Crippen LogP contribution in [-0.2, 0) is 9.84 Å². The lowest BCUT2D eigenvalue weighted by atomic mass is 9.92. The van der Waals surface area contributed by atoms with E-state index < -0.39 is 9.84 Å². The van der Waals surface area contributed by atoms with Crippen molar-refractivity contribution >= 4 is 26.6 Å². The normalized spacial score (nSPS) is 25.8. The Bertz CT molecular complexity index is 832. The summed E-state index contributed by atoms with van der Waals surface area (Å²) in [4.78, 5) is 4.77. The molecule has 0 amide bonds. The standard InChI is InChI=1S/C17H23N3O3S/c1-24(21,22)12-13-6-7-14-11-20(9-8-19(14)10-13)17-15-4-2-3-5-16(15)23-18-17/h2-5,13-14H,6-12H2,1H3/t13-,14+/m1/s1. The second-order valence-electron chi connectivity index (χ2n) is 7.13. The molecule has 2 aliphatic rings. The van der Waals surface area contributed by atoms with Crippen LogP contribution < -0.4 is 4.90 Å². The van der Waals surface area contributed by atoms with Crippen molar-refractivity contribution in [2.75, 3.05) is 43.1 Å². The van der Waals surface area contributed by atoms with Crippen LogP contribution in [0.15, 0.2) is 28.8 Å². The molecule has 2 saturated heterocycles. The number of sulfone groups is 1. The summed E-state index contributed by atoms with van der Waals surface area (Å²) in [6.07, 6.45) is 3.38. The third kappa shape index (κ3) is 3.15. The average Bonchev–Trinajstić information content (AvgIpc) is 2.97. The fourth-order valence-electron chi connectivity index (χ4n) is 4.12. The van der Waals surface area contributed by atoms with Crippen molar-refractivity contribution < 1.29 is 12.9 Å². The maximum Gasteiger partial charge on any atom is 0.180 e. The summed E-state index contributed by atoms with van der Waals surface area (Å²) in [6.45, 7) is 3.68. The van der Waals surface area contributed by atoms with E-state index in [-0.39, 0.29) is 5.92 Å². The second-order valence-corrected chi connectivity index (χ2v) is 9.32. The van der Waals surface area contributed by atoms with E-state index in [0.29, 0.717) is 11.8 Å². The Morgan fingerprint density at radius 1 is 1.21 bits per heavy atom.